The molecule has 1 aromatic rings. The Hall–Kier alpha value is -1.69. The zero-order valence-electron chi connectivity index (χ0n) is 16.4. The Kier molecular flexibility index (Phi) is 6.46. The van der Waals surface area contributed by atoms with E-state index in [0.29, 0.717) is 6.04 Å². The van der Waals surface area contributed by atoms with E-state index in [-0.39, 0.29) is 5.69 Å². The smallest absolute Gasteiger partial charge is 0.358 e. The van der Waals surface area contributed by atoms with Gasteiger partial charge in [0.1, 0.15) is 5.82 Å². The van der Waals surface area contributed by atoms with Crippen molar-refractivity contribution in [2.45, 2.75) is 52.0 Å². The summed E-state index contributed by atoms with van der Waals surface area (Å²) in [5, 5.41) is 0. The quantitative estimate of drug-likeness (QED) is 0.753. The van der Waals surface area contributed by atoms with Crippen LogP contribution in [0.2, 0.25) is 0 Å². The molecule has 0 aromatic carbocycles. The number of rotatable bonds is 5. The molecule has 3 heterocycles. The number of hydrogen-bond donors (Lipinski definition) is 0. The lowest BCUT2D eigenvalue weighted by Gasteiger charge is -2.38. The second kappa shape index (κ2) is 8.80. The average molecular weight is 361 g/mol. The van der Waals surface area contributed by atoms with Crippen LogP contribution >= 0.6 is 0 Å². The fraction of sp³-hybridized carbons (Fsp3) is 0.750. The number of ether oxygens (including phenoxy) is 1. The van der Waals surface area contributed by atoms with Gasteiger partial charge in [-0.2, -0.15) is 0 Å². The minimum atomic E-state index is -0.439. The van der Waals surface area contributed by atoms with Crippen LogP contribution in [0.1, 0.15) is 56.4 Å². The molecule has 0 N–H and O–H groups in total. The van der Waals surface area contributed by atoms with E-state index in [4.69, 9.17) is 0 Å². The van der Waals surface area contributed by atoms with Crippen LogP contribution in [-0.4, -0.2) is 60.2 Å². The Morgan fingerprint density at radius 1 is 1.08 bits per heavy atom. The summed E-state index contributed by atoms with van der Waals surface area (Å²) in [7, 11) is 1.36. The van der Waals surface area contributed by atoms with Crippen LogP contribution in [0.4, 0.5) is 5.82 Å². The molecule has 6 heteroatoms. The third-order valence-electron chi connectivity index (χ3n) is 6.02. The predicted molar refractivity (Wildman–Crippen MR) is 102 cm³/mol. The second-order valence-corrected chi connectivity index (χ2v) is 7.99. The Bertz CT molecular complexity index is 574. The first-order chi connectivity index (χ1) is 12.6. The lowest BCUT2D eigenvalue weighted by Crippen LogP contribution is -2.40. The van der Waals surface area contributed by atoms with Gasteiger partial charge in [-0.15, -0.1) is 0 Å². The highest BCUT2D eigenvalue weighted by atomic mass is 16.5. The van der Waals surface area contributed by atoms with E-state index in [1.165, 1.54) is 58.5 Å². The van der Waals surface area contributed by atoms with Gasteiger partial charge in [-0.05, 0) is 70.9 Å². The standard InChI is InChI=1S/C20H32N4O2/c1-15(2)23-8-4-16(5-9-23)12-17-6-10-24(11-7-17)19-14-21-18(13-22-19)20(25)26-3/h13-17H,4-12H2,1-3H3. The average Bonchev–Trinajstić information content (AvgIpc) is 2.68. The van der Waals surface area contributed by atoms with E-state index in [0.717, 1.165) is 30.7 Å². The third kappa shape index (κ3) is 4.72. The van der Waals surface area contributed by atoms with Crippen LogP contribution in [-0.2, 0) is 4.74 Å². The first-order valence-electron chi connectivity index (χ1n) is 9.96. The molecule has 2 aliphatic heterocycles. The van der Waals surface area contributed by atoms with E-state index in [9.17, 15) is 4.79 Å². The van der Waals surface area contributed by atoms with Gasteiger partial charge in [-0.3, -0.25) is 0 Å². The molecule has 144 valence electrons. The van der Waals surface area contributed by atoms with Crippen molar-refractivity contribution in [1.29, 1.82) is 0 Å². The number of anilines is 1. The number of nitrogens with zero attached hydrogens (tertiary/aromatic N) is 4. The molecule has 26 heavy (non-hydrogen) atoms. The first-order valence-corrected chi connectivity index (χ1v) is 9.96. The summed E-state index contributed by atoms with van der Waals surface area (Å²) >= 11 is 0. The molecule has 6 nitrogen and oxygen atoms in total. The second-order valence-electron chi connectivity index (χ2n) is 7.99. The highest BCUT2D eigenvalue weighted by Gasteiger charge is 2.26. The van der Waals surface area contributed by atoms with Crippen LogP contribution in [0, 0.1) is 11.8 Å². The molecule has 0 saturated carbocycles. The van der Waals surface area contributed by atoms with Crippen molar-refractivity contribution in [3.8, 4) is 0 Å². The molecular weight excluding hydrogens is 328 g/mol. The molecule has 2 fully saturated rings. The van der Waals surface area contributed by atoms with Crippen molar-refractivity contribution < 1.29 is 9.53 Å². The minimum absolute atomic E-state index is 0.263. The maximum atomic E-state index is 11.4. The number of esters is 1. The molecule has 0 unspecified atom stereocenters. The predicted octanol–water partition coefficient (Wildman–Crippen LogP) is 2.99. The van der Waals surface area contributed by atoms with E-state index < -0.39 is 5.97 Å². The van der Waals surface area contributed by atoms with Gasteiger partial charge in [0.2, 0.25) is 0 Å². The third-order valence-corrected chi connectivity index (χ3v) is 6.02. The largest absolute Gasteiger partial charge is 0.464 e. The molecule has 0 radical (unpaired) electrons. The fourth-order valence-electron chi connectivity index (χ4n) is 4.27. The Morgan fingerprint density at radius 3 is 2.19 bits per heavy atom. The van der Waals surface area contributed by atoms with Crippen molar-refractivity contribution in [1.82, 2.24) is 14.9 Å². The van der Waals surface area contributed by atoms with E-state index in [2.05, 4.69) is 38.4 Å². The molecule has 2 saturated heterocycles. The summed E-state index contributed by atoms with van der Waals surface area (Å²) in [6.45, 7) is 9.20. The zero-order chi connectivity index (χ0) is 18.5. The van der Waals surface area contributed by atoms with Gasteiger partial charge in [0, 0.05) is 19.1 Å². The van der Waals surface area contributed by atoms with E-state index in [1.807, 2.05) is 0 Å². The number of aromatic nitrogens is 2. The Morgan fingerprint density at radius 2 is 1.69 bits per heavy atom. The lowest BCUT2D eigenvalue weighted by atomic mass is 9.82. The molecule has 0 spiro atoms. The van der Waals surface area contributed by atoms with Gasteiger partial charge in [0.25, 0.3) is 0 Å². The van der Waals surface area contributed by atoms with E-state index in [1.54, 1.807) is 6.20 Å². The van der Waals surface area contributed by atoms with Crippen molar-refractivity contribution in [2.75, 3.05) is 38.2 Å². The summed E-state index contributed by atoms with van der Waals surface area (Å²) < 4.78 is 4.67. The first kappa shape index (κ1) is 19.1. The van der Waals surface area contributed by atoms with Crippen LogP contribution in [0.15, 0.2) is 12.4 Å². The normalized spacial score (nSPS) is 20.5. The van der Waals surface area contributed by atoms with Crippen LogP contribution in [0.3, 0.4) is 0 Å². The van der Waals surface area contributed by atoms with Crippen LogP contribution in [0.25, 0.3) is 0 Å². The number of piperidine rings is 2. The van der Waals surface area contributed by atoms with Crippen molar-refractivity contribution in [3.05, 3.63) is 18.1 Å². The zero-order valence-corrected chi connectivity index (χ0v) is 16.4. The van der Waals surface area contributed by atoms with Crippen molar-refractivity contribution in [3.63, 3.8) is 0 Å². The van der Waals surface area contributed by atoms with Gasteiger partial charge in [-0.1, -0.05) is 0 Å². The molecule has 2 aliphatic rings. The van der Waals surface area contributed by atoms with Crippen molar-refractivity contribution in [2.24, 2.45) is 11.8 Å². The van der Waals surface area contributed by atoms with Gasteiger partial charge < -0.3 is 14.5 Å². The molecule has 3 rings (SSSR count). The topological polar surface area (TPSA) is 58.6 Å². The Labute approximate surface area is 156 Å². The summed E-state index contributed by atoms with van der Waals surface area (Å²) in [6, 6.07) is 0.686. The summed E-state index contributed by atoms with van der Waals surface area (Å²) in [6.07, 6.45) is 9.75. The number of carbonyl (C=O) groups excluding carboxylic acids is 1. The van der Waals surface area contributed by atoms with Gasteiger partial charge in [-0.25, -0.2) is 14.8 Å². The van der Waals surface area contributed by atoms with Crippen LogP contribution < -0.4 is 4.90 Å². The van der Waals surface area contributed by atoms with Crippen LogP contribution in [0.5, 0.6) is 0 Å². The highest BCUT2D eigenvalue weighted by Crippen LogP contribution is 2.31. The summed E-state index contributed by atoms with van der Waals surface area (Å²) in [5.41, 5.74) is 0.263. The minimum Gasteiger partial charge on any atom is -0.464 e. The fourth-order valence-corrected chi connectivity index (χ4v) is 4.27. The van der Waals surface area contributed by atoms with Gasteiger partial charge in [0.15, 0.2) is 5.69 Å². The maximum Gasteiger partial charge on any atom is 0.358 e. The maximum absolute atomic E-state index is 11.4. The lowest BCUT2D eigenvalue weighted by molar-refractivity contribution is 0.0593. The molecule has 0 amide bonds. The molecule has 0 bridgehead atoms. The van der Waals surface area contributed by atoms with Gasteiger partial charge >= 0.3 is 5.97 Å². The summed E-state index contributed by atoms with van der Waals surface area (Å²) in [4.78, 5) is 24.9. The molecule has 0 aliphatic carbocycles. The highest BCUT2D eigenvalue weighted by molar-refractivity contribution is 5.86. The molecular formula is C20H32N4O2. The SMILES string of the molecule is COC(=O)c1cnc(N2CCC(CC3CCN(C(C)C)CC3)CC2)cn1. The van der Waals surface area contributed by atoms with Crippen molar-refractivity contribution >= 4 is 11.8 Å². The Balaban J connectivity index is 1.44. The van der Waals surface area contributed by atoms with E-state index >= 15 is 0 Å². The summed E-state index contributed by atoms with van der Waals surface area (Å²) in [5.74, 6) is 2.16. The number of likely N-dealkylation sites (tertiary alicyclic amines) is 1. The number of methoxy groups -OCH3 is 1. The van der Waals surface area contributed by atoms with Gasteiger partial charge in [0.05, 0.1) is 19.5 Å². The molecule has 0 atom stereocenters. The molecule has 1 aromatic heterocycles. The number of hydrogen-bond acceptors (Lipinski definition) is 6. The monoisotopic (exact) mass is 360 g/mol. The number of carbonyl (C=O) groups is 1.